The van der Waals surface area contributed by atoms with E-state index in [1.54, 1.807) is 6.33 Å². The smallest absolute Gasteiger partial charge is 0.134 e. The molecule has 2 aliphatic rings. The number of nitrogens with two attached hydrogens (primary N) is 1. The topological polar surface area (TPSA) is 67.1 Å². The molecular formula is C13H21N5. The maximum absolute atomic E-state index is 5.93. The molecule has 5 nitrogen and oxygen atoms in total. The second-order valence-electron chi connectivity index (χ2n) is 5.38. The van der Waals surface area contributed by atoms with E-state index in [0.717, 1.165) is 31.1 Å². The molecule has 1 atom stereocenters. The first kappa shape index (κ1) is 11.7. The van der Waals surface area contributed by atoms with Crippen LogP contribution >= 0.6 is 0 Å². The molecule has 0 aromatic carbocycles. The Bertz CT molecular complexity index is 402. The third kappa shape index (κ3) is 2.56. The van der Waals surface area contributed by atoms with Crippen molar-refractivity contribution in [3.63, 3.8) is 0 Å². The van der Waals surface area contributed by atoms with Gasteiger partial charge in [-0.25, -0.2) is 9.97 Å². The van der Waals surface area contributed by atoms with E-state index in [4.69, 9.17) is 5.73 Å². The van der Waals surface area contributed by atoms with Gasteiger partial charge in [0.2, 0.25) is 0 Å². The zero-order valence-corrected chi connectivity index (χ0v) is 10.7. The Morgan fingerprint density at radius 1 is 1.22 bits per heavy atom. The average Bonchev–Trinajstić information content (AvgIpc) is 3.01. The molecule has 3 N–H and O–H groups in total. The van der Waals surface area contributed by atoms with Gasteiger partial charge in [-0.15, -0.1) is 0 Å². The van der Waals surface area contributed by atoms with E-state index in [1.165, 1.54) is 25.7 Å². The first-order valence-corrected chi connectivity index (χ1v) is 6.90. The van der Waals surface area contributed by atoms with Crippen molar-refractivity contribution in [2.24, 2.45) is 5.73 Å². The number of aromatic nitrogens is 2. The molecule has 0 spiro atoms. The van der Waals surface area contributed by atoms with E-state index in [-0.39, 0.29) is 6.04 Å². The van der Waals surface area contributed by atoms with Gasteiger partial charge in [0.15, 0.2) is 0 Å². The molecule has 1 saturated heterocycles. The first-order valence-electron chi connectivity index (χ1n) is 6.90. The Morgan fingerprint density at radius 3 is 2.78 bits per heavy atom. The minimum absolute atomic E-state index is 0.284. The largest absolute Gasteiger partial charge is 0.367 e. The zero-order chi connectivity index (χ0) is 12.4. The van der Waals surface area contributed by atoms with E-state index in [1.807, 2.05) is 0 Å². The van der Waals surface area contributed by atoms with Crippen LogP contribution in [0.2, 0.25) is 0 Å². The second-order valence-corrected chi connectivity index (χ2v) is 5.38. The molecule has 18 heavy (non-hydrogen) atoms. The highest BCUT2D eigenvalue weighted by atomic mass is 15.2. The van der Waals surface area contributed by atoms with Crippen LogP contribution in [0, 0.1) is 0 Å². The van der Waals surface area contributed by atoms with Gasteiger partial charge >= 0.3 is 0 Å². The Kier molecular flexibility index (Phi) is 3.32. The lowest BCUT2D eigenvalue weighted by Crippen LogP contribution is -2.27. The third-order valence-corrected chi connectivity index (χ3v) is 3.91. The Balaban J connectivity index is 1.68. The summed E-state index contributed by atoms with van der Waals surface area (Å²) in [4.78, 5) is 10.9. The van der Waals surface area contributed by atoms with Crippen LogP contribution in [0.5, 0.6) is 0 Å². The van der Waals surface area contributed by atoms with Crippen molar-refractivity contribution in [3.8, 4) is 0 Å². The summed E-state index contributed by atoms with van der Waals surface area (Å²) in [6.45, 7) is 1.90. The summed E-state index contributed by atoms with van der Waals surface area (Å²) in [5.41, 5.74) is 5.93. The van der Waals surface area contributed by atoms with Gasteiger partial charge in [0.05, 0.1) is 0 Å². The lowest BCUT2D eigenvalue weighted by atomic mass is 10.2. The molecular weight excluding hydrogens is 226 g/mol. The van der Waals surface area contributed by atoms with Gasteiger partial charge < -0.3 is 16.0 Å². The van der Waals surface area contributed by atoms with Crippen LogP contribution < -0.4 is 16.0 Å². The lowest BCUT2D eigenvalue weighted by molar-refractivity contribution is 0.747. The van der Waals surface area contributed by atoms with Gasteiger partial charge in [-0.3, -0.25) is 0 Å². The fourth-order valence-electron chi connectivity index (χ4n) is 2.87. The van der Waals surface area contributed by atoms with Gasteiger partial charge in [-0.05, 0) is 19.3 Å². The van der Waals surface area contributed by atoms with Crippen molar-refractivity contribution in [2.75, 3.05) is 23.3 Å². The van der Waals surface area contributed by atoms with Gasteiger partial charge in [-0.1, -0.05) is 12.8 Å². The third-order valence-electron chi connectivity index (χ3n) is 3.91. The summed E-state index contributed by atoms with van der Waals surface area (Å²) in [6.07, 6.45) is 7.88. The van der Waals surface area contributed by atoms with Crippen LogP contribution in [-0.4, -0.2) is 35.1 Å². The van der Waals surface area contributed by atoms with E-state index in [0.29, 0.717) is 6.04 Å². The molecule has 1 aromatic heterocycles. The highest BCUT2D eigenvalue weighted by molar-refractivity contribution is 5.49. The number of rotatable bonds is 3. The quantitative estimate of drug-likeness (QED) is 0.844. The summed E-state index contributed by atoms with van der Waals surface area (Å²) in [7, 11) is 0. The molecule has 98 valence electrons. The molecule has 2 heterocycles. The van der Waals surface area contributed by atoms with Crippen LogP contribution in [0.3, 0.4) is 0 Å². The van der Waals surface area contributed by atoms with Gasteiger partial charge in [0.25, 0.3) is 0 Å². The zero-order valence-electron chi connectivity index (χ0n) is 10.7. The number of nitrogens with one attached hydrogen (secondary N) is 1. The van der Waals surface area contributed by atoms with Crippen LogP contribution in [0.15, 0.2) is 12.4 Å². The normalized spacial score (nSPS) is 24.7. The minimum atomic E-state index is 0.284. The number of anilines is 2. The van der Waals surface area contributed by atoms with E-state index < -0.39 is 0 Å². The van der Waals surface area contributed by atoms with Crippen molar-refractivity contribution in [1.82, 2.24) is 9.97 Å². The van der Waals surface area contributed by atoms with Crippen molar-refractivity contribution >= 4 is 11.6 Å². The Labute approximate surface area is 108 Å². The molecule has 0 amide bonds. The molecule has 0 bridgehead atoms. The van der Waals surface area contributed by atoms with Gasteiger partial charge in [-0.2, -0.15) is 0 Å². The average molecular weight is 247 g/mol. The second kappa shape index (κ2) is 5.10. The molecule has 1 aromatic rings. The fraction of sp³-hybridized carbons (Fsp3) is 0.692. The summed E-state index contributed by atoms with van der Waals surface area (Å²) in [5.74, 6) is 1.95. The first-order chi connectivity index (χ1) is 8.81. The summed E-state index contributed by atoms with van der Waals surface area (Å²) in [6, 6.07) is 2.93. The van der Waals surface area contributed by atoms with Crippen molar-refractivity contribution in [2.45, 2.75) is 44.2 Å². The number of hydrogen-bond donors (Lipinski definition) is 2. The summed E-state index contributed by atoms with van der Waals surface area (Å²) < 4.78 is 0. The molecule has 0 radical (unpaired) electrons. The number of hydrogen-bond acceptors (Lipinski definition) is 5. The van der Waals surface area contributed by atoms with Gasteiger partial charge in [0, 0.05) is 31.2 Å². The minimum Gasteiger partial charge on any atom is -0.367 e. The molecule has 2 fully saturated rings. The standard InChI is InChI=1S/C13H21N5/c14-10-5-6-18(8-10)13-7-12(15-9-16-13)17-11-3-1-2-4-11/h7,9-11H,1-6,8,14H2,(H,15,16,17). The maximum Gasteiger partial charge on any atom is 0.134 e. The van der Waals surface area contributed by atoms with Gasteiger partial charge in [0.1, 0.15) is 18.0 Å². The molecule has 1 aliphatic heterocycles. The van der Waals surface area contributed by atoms with Crippen LogP contribution in [0.25, 0.3) is 0 Å². The van der Waals surface area contributed by atoms with E-state index in [2.05, 4.69) is 26.3 Å². The van der Waals surface area contributed by atoms with Crippen LogP contribution in [-0.2, 0) is 0 Å². The van der Waals surface area contributed by atoms with Crippen molar-refractivity contribution in [3.05, 3.63) is 12.4 Å². The van der Waals surface area contributed by atoms with Crippen molar-refractivity contribution in [1.29, 1.82) is 0 Å². The van der Waals surface area contributed by atoms with Crippen molar-refractivity contribution < 1.29 is 0 Å². The van der Waals surface area contributed by atoms with Crippen LogP contribution in [0.1, 0.15) is 32.1 Å². The maximum atomic E-state index is 5.93. The number of nitrogens with zero attached hydrogens (tertiary/aromatic N) is 3. The molecule has 3 rings (SSSR count). The highest BCUT2D eigenvalue weighted by Crippen LogP contribution is 2.23. The summed E-state index contributed by atoms with van der Waals surface area (Å²) in [5, 5.41) is 3.51. The highest BCUT2D eigenvalue weighted by Gasteiger charge is 2.21. The predicted octanol–water partition coefficient (Wildman–Crippen LogP) is 1.37. The summed E-state index contributed by atoms with van der Waals surface area (Å²) >= 11 is 0. The molecule has 1 aliphatic carbocycles. The van der Waals surface area contributed by atoms with E-state index >= 15 is 0 Å². The Morgan fingerprint density at radius 2 is 2.06 bits per heavy atom. The molecule has 1 saturated carbocycles. The molecule has 5 heteroatoms. The van der Waals surface area contributed by atoms with E-state index in [9.17, 15) is 0 Å². The SMILES string of the molecule is NC1CCN(c2cc(NC3CCCC3)ncn2)C1. The monoisotopic (exact) mass is 247 g/mol. The predicted molar refractivity (Wildman–Crippen MR) is 72.7 cm³/mol. The Hall–Kier alpha value is -1.36. The molecule has 1 unspecified atom stereocenters. The van der Waals surface area contributed by atoms with Crippen LogP contribution in [0.4, 0.5) is 11.6 Å². The lowest BCUT2D eigenvalue weighted by Gasteiger charge is -2.18. The fourth-order valence-corrected chi connectivity index (χ4v) is 2.87.